The molecule has 1 fully saturated rings. The van der Waals surface area contributed by atoms with Crippen molar-refractivity contribution >= 4 is 23.2 Å². The molecule has 146 valence electrons. The first kappa shape index (κ1) is 18.2. The van der Waals surface area contributed by atoms with E-state index in [4.69, 9.17) is 4.74 Å². The van der Waals surface area contributed by atoms with Crippen molar-refractivity contribution in [1.82, 2.24) is 24.7 Å². The molecule has 4 heterocycles. The third-order valence-electron chi connectivity index (χ3n) is 4.69. The van der Waals surface area contributed by atoms with E-state index in [0.717, 1.165) is 49.0 Å². The summed E-state index contributed by atoms with van der Waals surface area (Å²) in [5.41, 5.74) is 2.77. The Hall–Kier alpha value is -3.20. The lowest BCUT2D eigenvalue weighted by Crippen LogP contribution is -2.43. The van der Waals surface area contributed by atoms with E-state index in [9.17, 15) is 4.79 Å². The lowest BCUT2D eigenvalue weighted by Gasteiger charge is -2.28. The maximum Gasteiger partial charge on any atom is 0.262 e. The topological polar surface area (TPSA) is 96.7 Å². The number of methoxy groups -OCH3 is 1. The van der Waals surface area contributed by atoms with Crippen LogP contribution in [0.15, 0.2) is 24.5 Å². The summed E-state index contributed by atoms with van der Waals surface area (Å²) in [5.74, 6) is 1.23. The molecule has 2 N–H and O–H groups in total. The summed E-state index contributed by atoms with van der Waals surface area (Å²) >= 11 is 0. The number of anilines is 2. The second-order valence-electron chi connectivity index (χ2n) is 6.74. The summed E-state index contributed by atoms with van der Waals surface area (Å²) in [6, 6.07) is 3.59. The normalized spacial score (nSPS) is 14.3. The number of rotatable bonds is 4. The Morgan fingerprint density at radius 3 is 2.68 bits per heavy atom. The van der Waals surface area contributed by atoms with Crippen LogP contribution in [0.4, 0.5) is 11.6 Å². The smallest absolute Gasteiger partial charge is 0.262 e. The summed E-state index contributed by atoms with van der Waals surface area (Å²) in [5, 5.41) is 6.14. The highest BCUT2D eigenvalue weighted by Crippen LogP contribution is 2.23. The molecule has 28 heavy (non-hydrogen) atoms. The van der Waals surface area contributed by atoms with Crippen LogP contribution in [0, 0.1) is 13.8 Å². The quantitative estimate of drug-likeness (QED) is 0.705. The third kappa shape index (κ3) is 3.48. The first-order valence-corrected chi connectivity index (χ1v) is 9.20. The molecule has 0 saturated carbocycles. The Labute approximate surface area is 162 Å². The highest BCUT2D eigenvalue weighted by Gasteiger charge is 2.19. The van der Waals surface area contributed by atoms with Crippen LogP contribution in [0.1, 0.15) is 21.7 Å². The zero-order valence-electron chi connectivity index (χ0n) is 16.2. The molecule has 3 aromatic rings. The van der Waals surface area contributed by atoms with Crippen molar-refractivity contribution in [2.45, 2.75) is 13.8 Å². The van der Waals surface area contributed by atoms with Gasteiger partial charge in [-0.15, -0.1) is 0 Å². The number of pyridine rings is 1. The molecule has 0 radical (unpaired) electrons. The van der Waals surface area contributed by atoms with E-state index in [0.29, 0.717) is 17.3 Å². The Morgan fingerprint density at radius 1 is 1.14 bits per heavy atom. The molecule has 1 saturated heterocycles. The minimum absolute atomic E-state index is 0.296. The number of imidazole rings is 1. The van der Waals surface area contributed by atoms with E-state index in [2.05, 4.69) is 30.5 Å². The van der Waals surface area contributed by atoms with Crippen molar-refractivity contribution in [3.05, 3.63) is 41.5 Å². The molecule has 3 aromatic heterocycles. The van der Waals surface area contributed by atoms with Crippen molar-refractivity contribution in [2.24, 2.45) is 0 Å². The maximum atomic E-state index is 12.8. The van der Waals surface area contributed by atoms with E-state index in [1.165, 1.54) is 7.11 Å². The predicted octanol–water partition coefficient (Wildman–Crippen LogP) is 1.41. The zero-order valence-corrected chi connectivity index (χ0v) is 16.2. The van der Waals surface area contributed by atoms with Gasteiger partial charge in [0, 0.05) is 32.4 Å². The summed E-state index contributed by atoms with van der Waals surface area (Å²) in [7, 11) is 1.52. The van der Waals surface area contributed by atoms with Gasteiger partial charge in [-0.2, -0.15) is 4.98 Å². The van der Waals surface area contributed by atoms with E-state index in [1.54, 1.807) is 12.3 Å². The van der Waals surface area contributed by atoms with E-state index < -0.39 is 0 Å². The monoisotopic (exact) mass is 381 g/mol. The number of hydrogen-bond acceptors (Lipinski definition) is 7. The number of carbonyl (C=O) groups is 1. The van der Waals surface area contributed by atoms with Gasteiger partial charge in [-0.05, 0) is 26.0 Å². The molecule has 0 aromatic carbocycles. The molecule has 1 aliphatic rings. The Bertz CT molecular complexity index is 1020. The predicted molar refractivity (Wildman–Crippen MR) is 106 cm³/mol. The third-order valence-corrected chi connectivity index (χ3v) is 4.69. The molecule has 0 unspecified atom stereocenters. The number of carbonyl (C=O) groups excluding carboxylic acids is 1. The van der Waals surface area contributed by atoms with Gasteiger partial charge < -0.3 is 24.7 Å². The van der Waals surface area contributed by atoms with Gasteiger partial charge >= 0.3 is 0 Å². The summed E-state index contributed by atoms with van der Waals surface area (Å²) in [6.45, 7) is 7.34. The fourth-order valence-corrected chi connectivity index (χ4v) is 3.35. The number of piperazine rings is 1. The number of hydrogen-bond donors (Lipinski definition) is 2. The first-order chi connectivity index (χ1) is 13.5. The largest absolute Gasteiger partial charge is 0.480 e. The molecule has 0 atom stereocenters. The SMILES string of the molecule is COc1nc(N2CCNCC2)ccc1C(=O)Nc1cn2cc(C)nc2c(C)n1. The average molecular weight is 381 g/mol. The van der Waals surface area contributed by atoms with Crippen LogP contribution in [0.25, 0.3) is 5.65 Å². The molecular formula is C19H23N7O2. The van der Waals surface area contributed by atoms with E-state index in [-0.39, 0.29) is 5.91 Å². The van der Waals surface area contributed by atoms with Crippen LogP contribution in [-0.2, 0) is 0 Å². The van der Waals surface area contributed by atoms with Crippen molar-refractivity contribution in [2.75, 3.05) is 43.5 Å². The number of aryl methyl sites for hydroxylation is 2. The van der Waals surface area contributed by atoms with Crippen molar-refractivity contribution < 1.29 is 9.53 Å². The van der Waals surface area contributed by atoms with Crippen molar-refractivity contribution in [1.29, 1.82) is 0 Å². The van der Waals surface area contributed by atoms with Gasteiger partial charge in [-0.3, -0.25) is 4.79 Å². The summed E-state index contributed by atoms with van der Waals surface area (Å²) in [6.07, 6.45) is 3.64. The molecule has 4 rings (SSSR count). The van der Waals surface area contributed by atoms with Crippen LogP contribution >= 0.6 is 0 Å². The molecule has 9 nitrogen and oxygen atoms in total. The van der Waals surface area contributed by atoms with Gasteiger partial charge in [0.25, 0.3) is 5.91 Å². The van der Waals surface area contributed by atoms with E-state index in [1.807, 2.05) is 30.5 Å². The van der Waals surface area contributed by atoms with Gasteiger partial charge in [0.2, 0.25) is 5.88 Å². The number of nitrogens with zero attached hydrogens (tertiary/aromatic N) is 5. The van der Waals surface area contributed by atoms with E-state index >= 15 is 0 Å². The van der Waals surface area contributed by atoms with Crippen LogP contribution in [0.5, 0.6) is 5.88 Å². The fourth-order valence-electron chi connectivity index (χ4n) is 3.35. The molecule has 0 spiro atoms. The Balaban J connectivity index is 1.59. The molecule has 0 aliphatic carbocycles. The van der Waals surface area contributed by atoms with Crippen LogP contribution < -0.4 is 20.3 Å². The lowest BCUT2D eigenvalue weighted by atomic mass is 10.2. The highest BCUT2D eigenvalue weighted by atomic mass is 16.5. The minimum atomic E-state index is -0.320. The zero-order chi connectivity index (χ0) is 19.7. The first-order valence-electron chi connectivity index (χ1n) is 9.20. The van der Waals surface area contributed by atoms with Crippen molar-refractivity contribution in [3.8, 4) is 5.88 Å². The lowest BCUT2D eigenvalue weighted by molar-refractivity contribution is 0.102. The van der Waals surface area contributed by atoms with Gasteiger partial charge in [0.05, 0.1) is 24.7 Å². The highest BCUT2D eigenvalue weighted by molar-refractivity contribution is 6.05. The van der Waals surface area contributed by atoms with Gasteiger partial charge in [-0.1, -0.05) is 0 Å². The summed E-state index contributed by atoms with van der Waals surface area (Å²) in [4.78, 5) is 28.4. The Kier molecular flexibility index (Phi) is 4.82. The molecule has 1 aliphatic heterocycles. The molecular weight excluding hydrogens is 358 g/mol. The van der Waals surface area contributed by atoms with Gasteiger partial charge in [0.15, 0.2) is 5.65 Å². The van der Waals surface area contributed by atoms with Crippen LogP contribution in [0.3, 0.4) is 0 Å². The molecule has 1 amide bonds. The minimum Gasteiger partial charge on any atom is -0.480 e. The molecule has 9 heteroatoms. The average Bonchev–Trinajstić information content (AvgIpc) is 3.09. The van der Waals surface area contributed by atoms with Crippen LogP contribution in [-0.4, -0.2) is 58.5 Å². The number of ether oxygens (including phenoxy) is 1. The number of aromatic nitrogens is 4. The second-order valence-corrected chi connectivity index (χ2v) is 6.74. The summed E-state index contributed by atoms with van der Waals surface area (Å²) < 4.78 is 7.24. The van der Waals surface area contributed by atoms with Gasteiger partial charge in [0.1, 0.15) is 17.2 Å². The standard InChI is InChI=1S/C19H23N7O2/c1-12-10-26-11-15(22-13(2)17(26)21-12)23-18(27)14-4-5-16(24-19(14)28-3)25-8-6-20-7-9-25/h4-5,10-11,20H,6-9H2,1-3H3,(H,23,27). The maximum absolute atomic E-state index is 12.8. The Morgan fingerprint density at radius 2 is 1.93 bits per heavy atom. The van der Waals surface area contributed by atoms with Crippen molar-refractivity contribution in [3.63, 3.8) is 0 Å². The number of amides is 1. The second kappa shape index (κ2) is 7.43. The van der Waals surface area contributed by atoms with Gasteiger partial charge in [-0.25, -0.2) is 9.97 Å². The molecule has 0 bridgehead atoms. The number of fused-ring (bicyclic) bond motifs is 1. The number of nitrogens with one attached hydrogen (secondary N) is 2. The van der Waals surface area contributed by atoms with Crippen LogP contribution in [0.2, 0.25) is 0 Å². The fraction of sp³-hybridized carbons (Fsp3) is 0.368.